The Morgan fingerprint density at radius 3 is 2.91 bits per heavy atom. The van der Waals surface area contributed by atoms with Gasteiger partial charge in [0.2, 0.25) is 5.91 Å². The minimum atomic E-state index is 0.0682. The summed E-state index contributed by atoms with van der Waals surface area (Å²) >= 11 is 1.68. The normalized spacial score (nSPS) is 16.1. The predicted molar refractivity (Wildman–Crippen MR) is 135 cm³/mol. The summed E-state index contributed by atoms with van der Waals surface area (Å²) in [5.74, 6) is 0.949. The highest BCUT2D eigenvalue weighted by molar-refractivity contribution is 7.19. The fourth-order valence-corrected chi connectivity index (χ4v) is 5.24. The van der Waals surface area contributed by atoms with E-state index in [4.69, 9.17) is 0 Å². The number of nitrogens with zero attached hydrogens (tertiary/aromatic N) is 3. The van der Waals surface area contributed by atoms with E-state index in [2.05, 4.69) is 39.7 Å². The van der Waals surface area contributed by atoms with Crippen molar-refractivity contribution in [3.8, 4) is 0 Å². The molecule has 172 valence electrons. The molecule has 2 aromatic heterocycles. The number of fused-ring (bicyclic) bond motifs is 3. The molecule has 3 heterocycles. The van der Waals surface area contributed by atoms with Gasteiger partial charge in [0.05, 0.1) is 11.9 Å². The Kier molecular flexibility index (Phi) is 9.00. The zero-order valence-electron chi connectivity index (χ0n) is 19.7. The molecule has 2 N–H and O–H groups in total. The second kappa shape index (κ2) is 11.9. The molecule has 1 aliphatic heterocycles. The summed E-state index contributed by atoms with van der Waals surface area (Å²) in [5, 5.41) is 7.71. The third kappa shape index (κ3) is 5.64. The van der Waals surface area contributed by atoms with E-state index in [9.17, 15) is 4.79 Å². The number of hydrogen-bond donors (Lipinski definition) is 2. The molecule has 0 aromatic carbocycles. The number of aromatic nitrogens is 2. The molecule has 0 saturated heterocycles. The molecule has 0 radical (unpaired) electrons. The van der Waals surface area contributed by atoms with Crippen molar-refractivity contribution in [2.45, 2.75) is 59.4 Å². The Morgan fingerprint density at radius 1 is 1.28 bits per heavy atom. The zero-order chi connectivity index (χ0) is 22.9. The first-order valence-corrected chi connectivity index (χ1v) is 12.5. The van der Waals surface area contributed by atoms with Crippen LogP contribution in [-0.2, 0) is 17.8 Å². The van der Waals surface area contributed by atoms with Gasteiger partial charge >= 0.3 is 0 Å². The number of hydrogen-bond acceptors (Lipinski definition) is 6. The predicted octanol–water partition coefficient (Wildman–Crippen LogP) is 5.19. The molecule has 0 fully saturated rings. The number of carbonyl (C=O) groups is 1. The summed E-state index contributed by atoms with van der Waals surface area (Å²) in [7, 11) is 1.87. The fourth-order valence-electron chi connectivity index (χ4n) is 4.03. The van der Waals surface area contributed by atoms with Crippen LogP contribution in [-0.4, -0.2) is 40.9 Å². The van der Waals surface area contributed by atoms with Gasteiger partial charge in [-0.25, -0.2) is 9.97 Å². The number of amides is 1. The second-order valence-electron chi connectivity index (χ2n) is 7.71. The summed E-state index contributed by atoms with van der Waals surface area (Å²) < 4.78 is 0. The quantitative estimate of drug-likeness (QED) is 0.589. The van der Waals surface area contributed by atoms with E-state index in [1.807, 2.05) is 31.9 Å². The minimum absolute atomic E-state index is 0.0682. The average molecular weight is 454 g/mol. The van der Waals surface area contributed by atoms with Gasteiger partial charge in [-0.3, -0.25) is 4.79 Å². The summed E-state index contributed by atoms with van der Waals surface area (Å²) in [6.07, 6.45) is 15.1. The van der Waals surface area contributed by atoms with E-state index >= 15 is 0 Å². The Hall–Kier alpha value is -2.51. The van der Waals surface area contributed by atoms with Crippen LogP contribution in [0.5, 0.6) is 0 Å². The number of nitrogens with one attached hydrogen (secondary N) is 2. The molecule has 0 saturated carbocycles. The topological polar surface area (TPSA) is 70.2 Å². The standard InChI is InChI=1S/C23H29N5OS.C2H6/c1-3-16-7-4-5-8-17(13-16)27-22-21-18-10-12-28(20(29)9-6-11-24-2)14-19(18)30-23(21)26-15-25-22;1-2/h6,8-9,13,15,24H,3-5,7,10-12,14H2,1-2H3,(H,25,26,27);1-2H3/b9-6+;. The van der Waals surface area contributed by atoms with E-state index in [1.165, 1.54) is 22.4 Å². The molecular weight excluding hydrogens is 418 g/mol. The first-order valence-electron chi connectivity index (χ1n) is 11.7. The van der Waals surface area contributed by atoms with Crippen LogP contribution in [0.15, 0.2) is 41.9 Å². The molecule has 4 rings (SSSR count). The molecule has 0 unspecified atom stereocenters. The Labute approximate surface area is 195 Å². The van der Waals surface area contributed by atoms with Gasteiger partial charge in [0, 0.05) is 29.7 Å². The average Bonchev–Trinajstić information content (AvgIpc) is 3.05. The van der Waals surface area contributed by atoms with Crippen molar-refractivity contribution in [3.63, 3.8) is 0 Å². The minimum Gasteiger partial charge on any atom is -0.340 e. The Morgan fingerprint density at radius 2 is 2.12 bits per heavy atom. The van der Waals surface area contributed by atoms with Crippen molar-refractivity contribution >= 4 is 33.3 Å². The molecule has 2 aromatic rings. The van der Waals surface area contributed by atoms with E-state index < -0.39 is 0 Å². The number of rotatable bonds is 6. The maximum atomic E-state index is 12.5. The van der Waals surface area contributed by atoms with Crippen LogP contribution < -0.4 is 10.6 Å². The molecule has 32 heavy (non-hydrogen) atoms. The Bertz CT molecular complexity index is 1020. The molecule has 6 nitrogen and oxygen atoms in total. The van der Waals surface area contributed by atoms with Gasteiger partial charge < -0.3 is 15.5 Å². The lowest BCUT2D eigenvalue weighted by atomic mass is 10.0. The van der Waals surface area contributed by atoms with Crippen molar-refractivity contribution in [2.75, 3.05) is 25.5 Å². The van der Waals surface area contributed by atoms with Crippen LogP contribution in [0.25, 0.3) is 10.2 Å². The van der Waals surface area contributed by atoms with E-state index in [1.54, 1.807) is 23.7 Å². The van der Waals surface area contributed by atoms with Crippen LogP contribution in [0.2, 0.25) is 0 Å². The largest absolute Gasteiger partial charge is 0.340 e. The molecule has 1 amide bonds. The van der Waals surface area contributed by atoms with Crippen molar-refractivity contribution in [2.24, 2.45) is 0 Å². The van der Waals surface area contributed by atoms with Gasteiger partial charge in [0.15, 0.2) is 0 Å². The van der Waals surface area contributed by atoms with Crippen LogP contribution >= 0.6 is 11.3 Å². The van der Waals surface area contributed by atoms with Crippen molar-refractivity contribution in [1.82, 2.24) is 20.2 Å². The summed E-state index contributed by atoms with van der Waals surface area (Å²) in [5.41, 5.74) is 3.89. The maximum absolute atomic E-state index is 12.5. The maximum Gasteiger partial charge on any atom is 0.246 e. The molecule has 0 spiro atoms. The number of thiophene rings is 1. The first kappa shape index (κ1) is 24.1. The fraction of sp³-hybridized carbons (Fsp3) is 0.480. The third-order valence-electron chi connectivity index (χ3n) is 5.67. The van der Waals surface area contributed by atoms with Gasteiger partial charge in [-0.15, -0.1) is 11.3 Å². The van der Waals surface area contributed by atoms with Gasteiger partial charge in [-0.2, -0.15) is 0 Å². The van der Waals surface area contributed by atoms with E-state index in [0.717, 1.165) is 54.0 Å². The summed E-state index contributed by atoms with van der Waals surface area (Å²) in [6.45, 7) is 8.27. The van der Waals surface area contributed by atoms with Gasteiger partial charge in [-0.1, -0.05) is 38.5 Å². The van der Waals surface area contributed by atoms with Crippen molar-refractivity contribution in [1.29, 1.82) is 0 Å². The number of carbonyl (C=O) groups excluding carboxylic acids is 1. The lowest BCUT2D eigenvalue weighted by Gasteiger charge is -2.26. The van der Waals surface area contributed by atoms with Crippen LogP contribution in [0.4, 0.5) is 5.82 Å². The SMILES string of the molecule is CC.CCC1=CC(Nc2ncnc3sc4c(c23)CCN(C(=O)/C=C/CNC)C4)=CCCC1. The van der Waals surface area contributed by atoms with E-state index in [-0.39, 0.29) is 5.91 Å². The van der Waals surface area contributed by atoms with Crippen LogP contribution in [0.3, 0.4) is 0 Å². The number of likely N-dealkylation sites (N-methyl/N-ethyl adjacent to an activating group) is 1. The molecule has 0 bridgehead atoms. The lowest BCUT2D eigenvalue weighted by Crippen LogP contribution is -2.34. The molecule has 7 heteroatoms. The first-order chi connectivity index (χ1) is 15.7. The highest BCUT2D eigenvalue weighted by Crippen LogP contribution is 2.38. The highest BCUT2D eigenvalue weighted by Gasteiger charge is 2.25. The molecular formula is C25H35N5OS. The number of anilines is 1. The summed E-state index contributed by atoms with van der Waals surface area (Å²) in [6, 6.07) is 0. The summed E-state index contributed by atoms with van der Waals surface area (Å²) in [4.78, 5) is 25.7. The van der Waals surface area contributed by atoms with Crippen molar-refractivity contribution in [3.05, 3.63) is 52.3 Å². The highest BCUT2D eigenvalue weighted by atomic mass is 32.1. The molecule has 2 aliphatic rings. The smallest absolute Gasteiger partial charge is 0.246 e. The van der Waals surface area contributed by atoms with Gasteiger partial charge in [0.1, 0.15) is 17.0 Å². The molecule has 1 aliphatic carbocycles. The van der Waals surface area contributed by atoms with Gasteiger partial charge in [-0.05, 0) is 50.8 Å². The number of allylic oxidation sites excluding steroid dienone is 3. The Balaban J connectivity index is 0.00000141. The van der Waals surface area contributed by atoms with Crippen LogP contribution in [0.1, 0.15) is 56.9 Å². The van der Waals surface area contributed by atoms with E-state index in [0.29, 0.717) is 13.1 Å². The zero-order valence-corrected chi connectivity index (χ0v) is 20.5. The van der Waals surface area contributed by atoms with Crippen LogP contribution in [0, 0.1) is 0 Å². The van der Waals surface area contributed by atoms with Gasteiger partial charge in [0.25, 0.3) is 0 Å². The molecule has 0 atom stereocenters. The van der Waals surface area contributed by atoms with Crippen molar-refractivity contribution < 1.29 is 4.79 Å². The lowest BCUT2D eigenvalue weighted by molar-refractivity contribution is -0.126. The third-order valence-corrected chi connectivity index (χ3v) is 6.80. The monoisotopic (exact) mass is 453 g/mol. The second-order valence-corrected chi connectivity index (χ2v) is 8.79.